The molecule has 0 atom stereocenters. The van der Waals surface area contributed by atoms with Gasteiger partial charge >= 0.3 is 0 Å². The van der Waals surface area contributed by atoms with Crippen LogP contribution in [0.25, 0.3) is 10.9 Å². The molecule has 0 fully saturated rings. The van der Waals surface area contributed by atoms with Crippen LogP contribution < -0.4 is 14.4 Å². The number of fused-ring (bicyclic) bond motifs is 1. The van der Waals surface area contributed by atoms with Gasteiger partial charge in [-0.2, -0.15) is 0 Å². The van der Waals surface area contributed by atoms with Crippen molar-refractivity contribution in [2.45, 2.75) is 32.6 Å². The summed E-state index contributed by atoms with van der Waals surface area (Å²) in [5.41, 5.74) is 3.55. The largest absolute Gasteiger partial charge is 0.496 e. The Hall–Kier alpha value is -3.64. The molecule has 2 heterocycles. The Bertz CT molecular complexity index is 1090. The highest BCUT2D eigenvalue weighted by Crippen LogP contribution is 2.50. The van der Waals surface area contributed by atoms with Crippen LogP contribution in [0.15, 0.2) is 47.1 Å². The van der Waals surface area contributed by atoms with Crippen LogP contribution in [-0.4, -0.2) is 27.8 Å². The number of benzene rings is 1. The van der Waals surface area contributed by atoms with Crippen molar-refractivity contribution in [3.8, 4) is 17.6 Å². The third kappa shape index (κ3) is 4.15. The Labute approximate surface area is 184 Å². The molecule has 6 nitrogen and oxygen atoms in total. The van der Waals surface area contributed by atoms with E-state index in [1.165, 1.54) is 0 Å². The van der Waals surface area contributed by atoms with Crippen LogP contribution in [0, 0.1) is 17.9 Å². The van der Waals surface area contributed by atoms with Crippen molar-refractivity contribution in [2.24, 2.45) is 0 Å². The summed E-state index contributed by atoms with van der Waals surface area (Å²) in [6.45, 7) is 14.4. The maximum atomic E-state index is 9.19. The molecule has 0 spiro atoms. The lowest BCUT2D eigenvalue weighted by atomic mass is 9.76. The van der Waals surface area contributed by atoms with Crippen LogP contribution in [0.3, 0.4) is 0 Å². The first kappa shape index (κ1) is 22.1. The molecule has 3 rings (SSSR count). The lowest BCUT2D eigenvalue weighted by Crippen LogP contribution is -2.35. The van der Waals surface area contributed by atoms with Crippen LogP contribution in [0.5, 0.6) is 11.5 Å². The van der Waals surface area contributed by atoms with Gasteiger partial charge in [-0.3, -0.25) is 0 Å². The Morgan fingerprint density at radius 1 is 1.29 bits per heavy atom. The van der Waals surface area contributed by atoms with E-state index in [9.17, 15) is 5.26 Å². The number of nitrogens with zero attached hydrogens (tertiary/aromatic N) is 3. The van der Waals surface area contributed by atoms with E-state index in [1.807, 2.05) is 24.3 Å². The van der Waals surface area contributed by atoms with Crippen LogP contribution in [-0.2, 0) is 10.2 Å². The predicted octanol–water partition coefficient (Wildman–Crippen LogP) is 5.35. The first-order chi connectivity index (χ1) is 14.7. The smallest absolute Gasteiger partial charge is 0.269 e. The molecule has 1 aromatic carbocycles. The van der Waals surface area contributed by atoms with Crippen molar-refractivity contribution >= 4 is 11.8 Å². The zero-order chi connectivity index (χ0) is 22.8. The van der Waals surface area contributed by atoms with Gasteiger partial charge in [0.05, 0.1) is 32.5 Å². The number of hydrogen-bond donors (Lipinski definition) is 0. The molecule has 2 aliphatic heterocycles. The van der Waals surface area contributed by atoms with E-state index in [0.717, 1.165) is 41.3 Å². The summed E-state index contributed by atoms with van der Waals surface area (Å²) in [6.07, 6.45) is 8.12. The highest BCUT2D eigenvalue weighted by Gasteiger charge is 2.36. The molecule has 0 N–H and O–H groups in total. The van der Waals surface area contributed by atoms with E-state index in [0.29, 0.717) is 17.1 Å². The average molecular weight is 418 g/mol. The Morgan fingerprint density at radius 2 is 2.03 bits per heavy atom. The first-order valence-electron chi connectivity index (χ1n) is 10.0. The normalized spacial score (nSPS) is 18.8. The quantitative estimate of drug-likeness (QED) is 0.488. The zero-order valence-corrected chi connectivity index (χ0v) is 18.9. The van der Waals surface area contributed by atoms with Gasteiger partial charge in [-0.05, 0) is 54.7 Å². The van der Waals surface area contributed by atoms with Crippen LogP contribution in [0.1, 0.15) is 38.3 Å². The first-order valence-corrected chi connectivity index (χ1v) is 10.0. The molecule has 160 valence electrons. The Kier molecular flexibility index (Phi) is 6.13. The fourth-order valence-corrected chi connectivity index (χ4v) is 4.04. The fourth-order valence-electron chi connectivity index (χ4n) is 4.04. The summed E-state index contributed by atoms with van der Waals surface area (Å²) in [4.78, 5) is 5.51. The maximum absolute atomic E-state index is 9.19. The van der Waals surface area contributed by atoms with Crippen LogP contribution in [0.2, 0.25) is 0 Å². The molecule has 0 aliphatic carbocycles. The van der Waals surface area contributed by atoms with Crippen molar-refractivity contribution in [3.63, 3.8) is 0 Å². The fraction of sp³-hybridized carbons (Fsp3) is 0.360. The molecule has 1 aromatic rings. The Balaban J connectivity index is 2.13. The van der Waals surface area contributed by atoms with Gasteiger partial charge in [0.25, 0.3) is 5.70 Å². The number of rotatable bonds is 4. The van der Waals surface area contributed by atoms with Gasteiger partial charge in [0.1, 0.15) is 23.0 Å². The number of nitriles is 1. The van der Waals surface area contributed by atoms with Gasteiger partial charge in [0, 0.05) is 24.7 Å². The van der Waals surface area contributed by atoms with Crippen molar-refractivity contribution in [3.05, 3.63) is 69.6 Å². The van der Waals surface area contributed by atoms with Gasteiger partial charge in [-0.15, -0.1) is 0 Å². The monoisotopic (exact) mass is 417 g/mol. The second kappa shape index (κ2) is 8.62. The molecule has 0 amide bonds. The SMILES string of the molecule is [C-]#[N+]/C(C#N)=C1/C=C(C)OC(/C=C/c2cc(OC)c3c(c2OC)C(C)(C)CCN3C)=C1. The van der Waals surface area contributed by atoms with Crippen molar-refractivity contribution < 1.29 is 14.2 Å². The zero-order valence-electron chi connectivity index (χ0n) is 18.9. The molecule has 0 saturated carbocycles. The molecule has 2 aliphatic rings. The van der Waals surface area contributed by atoms with E-state index in [1.54, 1.807) is 33.3 Å². The minimum Gasteiger partial charge on any atom is -0.496 e. The van der Waals surface area contributed by atoms with E-state index >= 15 is 0 Å². The summed E-state index contributed by atoms with van der Waals surface area (Å²) >= 11 is 0. The second-order valence-corrected chi connectivity index (χ2v) is 8.24. The molecule has 0 bridgehead atoms. The average Bonchev–Trinajstić information content (AvgIpc) is 2.74. The number of allylic oxidation sites excluding steroid dienone is 6. The summed E-state index contributed by atoms with van der Waals surface area (Å²) < 4.78 is 17.4. The van der Waals surface area contributed by atoms with E-state index < -0.39 is 0 Å². The molecule has 31 heavy (non-hydrogen) atoms. The van der Waals surface area contributed by atoms with Crippen molar-refractivity contribution in [1.82, 2.24) is 0 Å². The van der Waals surface area contributed by atoms with E-state index in [4.69, 9.17) is 20.8 Å². The summed E-state index contributed by atoms with van der Waals surface area (Å²) in [6, 6.07) is 3.90. The van der Waals surface area contributed by atoms with Crippen molar-refractivity contribution in [2.75, 3.05) is 32.7 Å². The number of methoxy groups -OCH3 is 2. The molecule has 6 heteroatoms. The third-order valence-corrected chi connectivity index (χ3v) is 5.65. The minimum absolute atomic E-state index is 0.0337. The second-order valence-electron chi connectivity index (χ2n) is 8.24. The Morgan fingerprint density at radius 3 is 2.65 bits per heavy atom. The number of hydrogen-bond acceptors (Lipinski definition) is 5. The van der Waals surface area contributed by atoms with E-state index in [-0.39, 0.29) is 11.1 Å². The van der Waals surface area contributed by atoms with Gasteiger partial charge in [0.2, 0.25) is 0 Å². The molecule has 0 saturated heterocycles. The molecular weight excluding hydrogens is 390 g/mol. The van der Waals surface area contributed by atoms with Gasteiger partial charge in [-0.25, -0.2) is 10.1 Å². The molecule has 0 unspecified atom stereocenters. The minimum atomic E-state index is -0.0719. The third-order valence-electron chi connectivity index (χ3n) is 5.65. The van der Waals surface area contributed by atoms with Crippen LogP contribution in [0.4, 0.5) is 5.69 Å². The predicted molar refractivity (Wildman–Crippen MR) is 122 cm³/mol. The molecular formula is C25H27N3O3. The van der Waals surface area contributed by atoms with Gasteiger partial charge in [-0.1, -0.05) is 13.8 Å². The summed E-state index contributed by atoms with van der Waals surface area (Å²) in [5, 5.41) is 9.19. The lowest BCUT2D eigenvalue weighted by molar-refractivity contribution is 0.318. The molecule has 0 aromatic heterocycles. The highest BCUT2D eigenvalue weighted by atomic mass is 16.5. The number of ether oxygens (including phenoxy) is 3. The van der Waals surface area contributed by atoms with Crippen LogP contribution >= 0.6 is 0 Å². The van der Waals surface area contributed by atoms with Gasteiger partial charge < -0.3 is 19.1 Å². The molecule has 0 radical (unpaired) electrons. The van der Waals surface area contributed by atoms with Gasteiger partial charge in [0.15, 0.2) is 0 Å². The topological polar surface area (TPSA) is 59.1 Å². The maximum Gasteiger partial charge on any atom is 0.269 e. The number of anilines is 1. The summed E-state index contributed by atoms with van der Waals surface area (Å²) in [5.74, 6) is 2.76. The lowest BCUT2D eigenvalue weighted by Gasteiger charge is -2.40. The van der Waals surface area contributed by atoms with Crippen molar-refractivity contribution in [1.29, 1.82) is 5.26 Å². The highest BCUT2D eigenvalue weighted by molar-refractivity contribution is 5.78. The van der Waals surface area contributed by atoms with E-state index in [2.05, 4.69) is 30.6 Å². The standard InChI is InChI=1S/C25H27N3O3/c1-16-12-18(20(15-26)27-4)13-19(31-16)9-8-17-14-21(29-6)23-22(24(17)30-7)25(2,3)10-11-28(23)5/h8-9,12-14H,10-11H2,1-3,5-7H3/b9-8+,20-18-. The summed E-state index contributed by atoms with van der Waals surface area (Å²) in [7, 11) is 5.43.